The Morgan fingerprint density at radius 3 is 2.00 bits per heavy atom. The molecule has 0 amide bonds. The maximum atomic E-state index is 9.45. The summed E-state index contributed by atoms with van der Waals surface area (Å²) in [5.41, 5.74) is 0. The van der Waals surface area contributed by atoms with Gasteiger partial charge in [-0.05, 0) is 6.92 Å². The SMILES string of the molecule is [13CH3]C(O)C(=O)O. The molecule has 6 heavy (non-hydrogen) atoms. The first-order valence-corrected chi connectivity index (χ1v) is 1.55. The first-order chi connectivity index (χ1) is 2.64. The van der Waals surface area contributed by atoms with Crippen molar-refractivity contribution in [3.05, 3.63) is 0 Å². The van der Waals surface area contributed by atoms with E-state index in [1.165, 1.54) is 6.92 Å². The molecule has 0 heterocycles. The second-order valence-electron chi connectivity index (χ2n) is 1.01. The van der Waals surface area contributed by atoms with Crippen LogP contribution in [0.1, 0.15) is 6.92 Å². The molecule has 0 aliphatic rings. The molecule has 0 saturated heterocycles. The average Bonchev–Trinajstić information content (AvgIpc) is 1.36. The van der Waals surface area contributed by atoms with E-state index in [4.69, 9.17) is 10.2 Å². The van der Waals surface area contributed by atoms with Crippen LogP contribution in [0.4, 0.5) is 0 Å². The normalized spacial score (nSPS) is 13.7. The standard InChI is InChI=1S/C3H6O3/c1-2(4)3(5)6/h2,4H,1H3,(H,5,6)/i1+1. The van der Waals surface area contributed by atoms with Gasteiger partial charge < -0.3 is 10.2 Å². The van der Waals surface area contributed by atoms with Gasteiger partial charge in [0, 0.05) is 0 Å². The van der Waals surface area contributed by atoms with E-state index >= 15 is 0 Å². The highest BCUT2D eigenvalue weighted by Crippen LogP contribution is 1.73. The molecule has 0 spiro atoms. The van der Waals surface area contributed by atoms with Crippen molar-refractivity contribution in [2.75, 3.05) is 0 Å². The first-order valence-electron chi connectivity index (χ1n) is 1.55. The maximum absolute atomic E-state index is 9.45. The second kappa shape index (κ2) is 1.77. The summed E-state index contributed by atoms with van der Waals surface area (Å²) in [6.07, 6.45) is -1.23. The van der Waals surface area contributed by atoms with Gasteiger partial charge in [-0.3, -0.25) is 0 Å². The summed E-state index contributed by atoms with van der Waals surface area (Å²) < 4.78 is 0. The minimum Gasteiger partial charge on any atom is -0.479 e. The smallest absolute Gasteiger partial charge is 0.332 e. The van der Waals surface area contributed by atoms with Crippen LogP contribution in [0.2, 0.25) is 0 Å². The zero-order valence-corrected chi connectivity index (χ0v) is 3.38. The van der Waals surface area contributed by atoms with Crippen LogP contribution in [0.15, 0.2) is 0 Å². The Morgan fingerprint density at radius 2 is 2.00 bits per heavy atom. The van der Waals surface area contributed by atoms with E-state index in [1.54, 1.807) is 0 Å². The van der Waals surface area contributed by atoms with E-state index in [0.717, 1.165) is 0 Å². The van der Waals surface area contributed by atoms with Gasteiger partial charge in [0.15, 0.2) is 0 Å². The molecule has 36 valence electrons. The Balaban J connectivity index is 3.26. The van der Waals surface area contributed by atoms with E-state index in [1.807, 2.05) is 0 Å². The lowest BCUT2D eigenvalue weighted by Crippen LogP contribution is -2.13. The molecule has 2 N–H and O–H groups in total. The molecule has 3 heteroatoms. The molecule has 0 aromatic rings. The summed E-state index contributed by atoms with van der Waals surface area (Å²) in [6.45, 7) is 1.20. The molecule has 3 nitrogen and oxygen atoms in total. The van der Waals surface area contributed by atoms with Gasteiger partial charge in [-0.15, -0.1) is 0 Å². The Labute approximate surface area is 35.2 Å². The largest absolute Gasteiger partial charge is 0.479 e. The van der Waals surface area contributed by atoms with Crippen LogP contribution in [-0.2, 0) is 4.79 Å². The lowest BCUT2D eigenvalue weighted by Gasteiger charge is -1.89. The van der Waals surface area contributed by atoms with Crippen molar-refractivity contribution in [1.29, 1.82) is 0 Å². The van der Waals surface area contributed by atoms with Gasteiger partial charge in [-0.1, -0.05) is 0 Å². The summed E-state index contributed by atoms with van der Waals surface area (Å²) in [6, 6.07) is 0. The first kappa shape index (κ1) is 5.43. The van der Waals surface area contributed by atoms with Crippen LogP contribution in [0.5, 0.6) is 0 Å². The molecule has 0 bridgehead atoms. The number of rotatable bonds is 1. The van der Waals surface area contributed by atoms with Crippen LogP contribution >= 0.6 is 0 Å². The number of carboxylic acids is 1. The highest BCUT2D eigenvalue weighted by molar-refractivity contribution is 5.71. The molecule has 0 saturated carbocycles. The van der Waals surface area contributed by atoms with Crippen molar-refractivity contribution < 1.29 is 15.0 Å². The van der Waals surface area contributed by atoms with Crippen molar-refractivity contribution in [2.24, 2.45) is 0 Å². The number of hydrogen-bond acceptors (Lipinski definition) is 2. The summed E-state index contributed by atoms with van der Waals surface area (Å²) in [5, 5.41) is 15.8. The van der Waals surface area contributed by atoms with Gasteiger partial charge in [-0.2, -0.15) is 0 Å². The number of aliphatic hydroxyl groups excluding tert-OH is 1. The molecular weight excluding hydrogens is 85.0 g/mol. The van der Waals surface area contributed by atoms with E-state index in [-0.39, 0.29) is 0 Å². The van der Waals surface area contributed by atoms with Gasteiger partial charge in [0.2, 0.25) is 0 Å². The average molecular weight is 91.1 g/mol. The molecule has 0 aliphatic heterocycles. The maximum Gasteiger partial charge on any atom is 0.332 e. The van der Waals surface area contributed by atoms with Crippen LogP contribution in [0.25, 0.3) is 0 Å². The highest BCUT2D eigenvalue weighted by atomic mass is 16.4. The fourth-order valence-corrected chi connectivity index (χ4v) is 0. The van der Waals surface area contributed by atoms with Gasteiger partial charge in [0.25, 0.3) is 0 Å². The number of hydrogen-bond donors (Lipinski definition) is 2. The van der Waals surface area contributed by atoms with E-state index in [0.29, 0.717) is 0 Å². The number of carbonyl (C=O) groups is 1. The monoisotopic (exact) mass is 91.0 g/mol. The van der Waals surface area contributed by atoms with Crippen molar-refractivity contribution >= 4 is 5.97 Å². The second-order valence-corrected chi connectivity index (χ2v) is 1.01. The van der Waals surface area contributed by atoms with Crippen molar-refractivity contribution in [3.63, 3.8) is 0 Å². The van der Waals surface area contributed by atoms with Crippen molar-refractivity contribution in [3.8, 4) is 0 Å². The molecule has 1 unspecified atom stereocenters. The van der Waals surface area contributed by atoms with Crippen LogP contribution in [0, 0.1) is 0 Å². The lowest BCUT2D eigenvalue weighted by atomic mass is 10.6. The summed E-state index contributed by atoms with van der Waals surface area (Å²) in [4.78, 5) is 9.45. The third kappa shape index (κ3) is 1.72. The Morgan fingerprint density at radius 1 is 1.83 bits per heavy atom. The highest BCUT2D eigenvalue weighted by Gasteiger charge is 2.01. The molecule has 0 aromatic heterocycles. The number of carboxylic acid groups (broad SMARTS) is 1. The molecule has 0 rings (SSSR count). The molecular formula is C3H6O3. The topological polar surface area (TPSA) is 57.5 Å². The fourth-order valence-electron chi connectivity index (χ4n) is 0. The predicted molar refractivity (Wildman–Crippen MR) is 19.3 cm³/mol. The minimum atomic E-state index is -1.23. The summed E-state index contributed by atoms with van der Waals surface area (Å²) in [5.74, 6) is -1.19. The van der Waals surface area contributed by atoms with E-state index in [9.17, 15) is 4.79 Å². The third-order valence-corrected chi connectivity index (χ3v) is 0.357. The minimum absolute atomic E-state index is 1.19. The van der Waals surface area contributed by atoms with Gasteiger partial charge in [0.1, 0.15) is 6.10 Å². The van der Waals surface area contributed by atoms with Crippen LogP contribution in [0.3, 0.4) is 0 Å². The fraction of sp³-hybridized carbons (Fsp3) is 0.667. The molecule has 0 aliphatic carbocycles. The van der Waals surface area contributed by atoms with Gasteiger partial charge in [0.05, 0.1) is 0 Å². The molecule has 0 aromatic carbocycles. The molecule has 1 atom stereocenters. The number of aliphatic carboxylic acids is 1. The zero-order valence-electron chi connectivity index (χ0n) is 3.38. The van der Waals surface area contributed by atoms with E-state index < -0.39 is 12.1 Å². The molecule has 0 fully saturated rings. The van der Waals surface area contributed by atoms with E-state index in [2.05, 4.69) is 0 Å². The van der Waals surface area contributed by atoms with Gasteiger partial charge in [-0.25, -0.2) is 4.79 Å². The summed E-state index contributed by atoms with van der Waals surface area (Å²) >= 11 is 0. The Kier molecular flexibility index (Phi) is 1.60. The van der Waals surface area contributed by atoms with Crippen molar-refractivity contribution in [1.82, 2.24) is 0 Å². The third-order valence-electron chi connectivity index (χ3n) is 0.357. The van der Waals surface area contributed by atoms with Crippen molar-refractivity contribution in [2.45, 2.75) is 13.0 Å². The van der Waals surface area contributed by atoms with Crippen LogP contribution < -0.4 is 0 Å². The quantitative estimate of drug-likeness (QED) is 0.426. The zero-order chi connectivity index (χ0) is 5.15. The Bertz CT molecular complexity index is 57.1. The predicted octanol–water partition coefficient (Wildman–Crippen LogP) is -0.548. The molecule has 0 radical (unpaired) electrons. The lowest BCUT2D eigenvalue weighted by molar-refractivity contribution is -0.145. The number of aliphatic hydroxyl groups is 1. The van der Waals surface area contributed by atoms with Gasteiger partial charge >= 0.3 is 5.97 Å². The van der Waals surface area contributed by atoms with Crippen LogP contribution in [-0.4, -0.2) is 22.3 Å². The summed E-state index contributed by atoms with van der Waals surface area (Å²) in [7, 11) is 0. The Hall–Kier alpha value is -0.570.